The van der Waals surface area contributed by atoms with Crippen LogP contribution in [0.25, 0.3) is 6.08 Å². The highest BCUT2D eigenvalue weighted by Crippen LogP contribution is 2.76. The van der Waals surface area contributed by atoms with E-state index in [1.165, 1.54) is 26.8 Å². The van der Waals surface area contributed by atoms with E-state index in [-0.39, 0.29) is 18.3 Å². The molecule has 5 aliphatic carbocycles. The molecule has 522 valence electrons. The Hall–Kier alpha value is -4.18. The van der Waals surface area contributed by atoms with Crippen molar-refractivity contribution in [3.05, 3.63) is 53.6 Å². The number of hydrogen-bond acceptors (Lipinski definition) is 26. The second-order valence-electron chi connectivity index (χ2n) is 29.4. The van der Waals surface area contributed by atoms with E-state index in [2.05, 4.69) is 26.8 Å². The van der Waals surface area contributed by atoms with E-state index in [0.717, 1.165) is 11.1 Å². The number of carboxylic acids is 1. The first-order valence-corrected chi connectivity index (χ1v) is 32.4. The zero-order valence-corrected chi connectivity index (χ0v) is 54.2. The smallest absolute Gasteiger partial charge is 0.335 e. The predicted molar refractivity (Wildman–Crippen MR) is 318 cm³/mol. The second-order valence-corrected chi connectivity index (χ2v) is 29.4. The molecule has 10 rings (SSSR count). The number of aliphatic hydroxyl groups excluding tert-OH is 11. The molecule has 0 radical (unpaired) electrons. The number of allylic oxidation sites excluding steroid dienone is 2. The number of esters is 3. The molecule has 0 amide bonds. The van der Waals surface area contributed by atoms with Gasteiger partial charge in [-0.15, -0.1) is 0 Å². The zero-order chi connectivity index (χ0) is 68.0. The molecule has 0 spiro atoms. The SMILES string of the molecule is CC(=O)O[C@H]1[C@H](OC(=O)/C=C/c2ccccc2)[C@@]2(CO)C(CC1(C)C)C1=CCC3[C@@]4(C)CC[C@H](O[C@@H]5O[C@H](C(=O)O)[C@@H](O)[C@H](O[C@@H]6OC[C@H](O)[C@H](O)[C@H]6O[C@@H]6O[C@@H](C)[C@H](O)[C@@H](O)[C@H]6O)[C@H]5O[C@@H]5O[C@H](CO)[C@H](O)[C@H](O)[C@H]5O)C(C)(C)C4CC[C@@]3(C)[C@]1(C)C[C@H]2OC(C)=O. The van der Waals surface area contributed by atoms with Crippen LogP contribution in [-0.2, 0) is 71.3 Å². The van der Waals surface area contributed by atoms with Crippen molar-refractivity contribution in [2.75, 3.05) is 19.8 Å². The van der Waals surface area contributed by atoms with E-state index < -0.39 is 223 Å². The van der Waals surface area contributed by atoms with Gasteiger partial charge in [-0.25, -0.2) is 9.59 Å². The first-order chi connectivity index (χ1) is 43.6. The summed E-state index contributed by atoms with van der Waals surface area (Å²) in [5.41, 5.74) is -3.16. The quantitative estimate of drug-likeness (QED) is 0.0353. The van der Waals surface area contributed by atoms with E-state index in [9.17, 15) is 80.5 Å². The van der Waals surface area contributed by atoms with Gasteiger partial charge >= 0.3 is 23.9 Å². The average molecular weight is 1320 g/mol. The molecule has 9 aliphatic rings. The van der Waals surface area contributed by atoms with Gasteiger partial charge in [0.05, 0.1) is 37.4 Å². The van der Waals surface area contributed by atoms with E-state index in [1.807, 2.05) is 58.0 Å². The van der Waals surface area contributed by atoms with Crippen molar-refractivity contribution in [3.8, 4) is 0 Å². The Labute approximate surface area is 539 Å². The highest BCUT2D eigenvalue weighted by atomic mass is 16.8. The molecule has 0 aromatic heterocycles. The van der Waals surface area contributed by atoms with Crippen LogP contribution >= 0.6 is 0 Å². The number of carbonyl (C=O) groups is 4. The number of fused-ring (bicyclic) bond motifs is 7. The molecule has 4 saturated heterocycles. The molecule has 8 fully saturated rings. The van der Waals surface area contributed by atoms with Crippen LogP contribution in [0.5, 0.6) is 0 Å². The lowest BCUT2D eigenvalue weighted by atomic mass is 9.33. The minimum atomic E-state index is -2.23. The van der Waals surface area contributed by atoms with Crippen LogP contribution in [0.1, 0.15) is 120 Å². The molecular weight excluding hydrogens is 1220 g/mol. The summed E-state index contributed by atoms with van der Waals surface area (Å²) in [6.07, 6.45) is -31.1. The number of aliphatic hydroxyl groups is 11. The summed E-state index contributed by atoms with van der Waals surface area (Å²) in [5.74, 6) is -4.47. The fourth-order valence-electron chi connectivity index (χ4n) is 18.2. The summed E-state index contributed by atoms with van der Waals surface area (Å²) in [4.78, 5) is 54.0. The third-order valence-electron chi connectivity index (χ3n) is 23.3. The largest absolute Gasteiger partial charge is 0.479 e. The lowest BCUT2D eigenvalue weighted by Crippen LogP contribution is -2.73. The van der Waals surface area contributed by atoms with Gasteiger partial charge in [0.2, 0.25) is 0 Å². The van der Waals surface area contributed by atoms with E-state index in [4.69, 9.17) is 52.1 Å². The summed E-state index contributed by atoms with van der Waals surface area (Å²) in [5, 5.41) is 133. The van der Waals surface area contributed by atoms with Gasteiger partial charge in [0.1, 0.15) is 91.6 Å². The minimum Gasteiger partial charge on any atom is -0.479 e. The lowest BCUT2D eigenvalue weighted by molar-refractivity contribution is -0.400. The first-order valence-electron chi connectivity index (χ1n) is 32.4. The monoisotopic (exact) mass is 1320 g/mol. The molecule has 1 aromatic carbocycles. The molecule has 27 heteroatoms. The summed E-state index contributed by atoms with van der Waals surface area (Å²) in [6.45, 7) is 16.5. The van der Waals surface area contributed by atoms with Crippen molar-refractivity contribution in [1.82, 2.24) is 0 Å². The number of ether oxygens (including phenoxy) is 11. The number of aliphatic carboxylic acids is 1. The molecular formula is C66H96O27. The maximum Gasteiger partial charge on any atom is 0.335 e. The molecule has 4 saturated carbocycles. The maximum atomic E-state index is 14.1. The highest BCUT2D eigenvalue weighted by molar-refractivity contribution is 5.87. The Morgan fingerprint density at radius 1 is 0.624 bits per heavy atom. The van der Waals surface area contributed by atoms with Crippen LogP contribution in [0.2, 0.25) is 0 Å². The molecule has 93 heavy (non-hydrogen) atoms. The van der Waals surface area contributed by atoms with Crippen molar-refractivity contribution < 1.29 is 133 Å². The van der Waals surface area contributed by atoms with Gasteiger partial charge in [-0.05, 0) is 103 Å². The Morgan fingerprint density at radius 3 is 1.89 bits per heavy atom. The number of carbonyl (C=O) groups excluding carboxylic acids is 3. The maximum absolute atomic E-state index is 14.1. The summed E-state index contributed by atoms with van der Waals surface area (Å²) >= 11 is 0. The van der Waals surface area contributed by atoms with Crippen molar-refractivity contribution in [2.45, 2.75) is 255 Å². The Bertz CT molecular complexity index is 2910. The molecule has 27 nitrogen and oxygen atoms in total. The van der Waals surface area contributed by atoms with Crippen molar-refractivity contribution >= 4 is 30.0 Å². The van der Waals surface area contributed by atoms with Crippen LogP contribution < -0.4 is 0 Å². The Morgan fingerprint density at radius 2 is 1.26 bits per heavy atom. The minimum absolute atomic E-state index is 0.0619. The van der Waals surface area contributed by atoms with Crippen molar-refractivity contribution in [3.63, 3.8) is 0 Å². The van der Waals surface area contributed by atoms with Crippen LogP contribution in [0.15, 0.2) is 48.1 Å². The molecule has 30 atom stereocenters. The molecule has 0 bridgehead atoms. The van der Waals surface area contributed by atoms with Gasteiger partial charge in [0, 0.05) is 25.3 Å². The number of hydrogen-bond donors (Lipinski definition) is 12. The average Bonchev–Trinajstić information content (AvgIpc) is 0.668. The van der Waals surface area contributed by atoms with Gasteiger partial charge in [0.25, 0.3) is 0 Å². The normalized spacial score (nSPS) is 47.7. The van der Waals surface area contributed by atoms with Crippen LogP contribution in [0.4, 0.5) is 0 Å². The van der Waals surface area contributed by atoms with Crippen LogP contribution in [-0.4, -0.2) is 246 Å². The number of carboxylic acid groups (broad SMARTS) is 1. The predicted octanol–water partition coefficient (Wildman–Crippen LogP) is 0.515. The van der Waals surface area contributed by atoms with Crippen LogP contribution in [0, 0.1) is 50.2 Å². The third-order valence-corrected chi connectivity index (χ3v) is 23.3. The second kappa shape index (κ2) is 26.9. The first kappa shape index (κ1) is 71.6. The van der Waals surface area contributed by atoms with Crippen LogP contribution in [0.3, 0.4) is 0 Å². The van der Waals surface area contributed by atoms with Gasteiger partial charge in [-0.2, -0.15) is 0 Å². The van der Waals surface area contributed by atoms with E-state index in [0.29, 0.717) is 38.5 Å². The van der Waals surface area contributed by atoms with Gasteiger partial charge in [-0.1, -0.05) is 90.4 Å². The fourth-order valence-corrected chi connectivity index (χ4v) is 18.2. The number of benzene rings is 1. The topological polar surface area (TPSA) is 413 Å². The number of rotatable bonds is 16. The molecule has 12 N–H and O–H groups in total. The summed E-state index contributed by atoms with van der Waals surface area (Å²) < 4.78 is 68.2. The Balaban J connectivity index is 0.980. The lowest BCUT2D eigenvalue weighted by Gasteiger charge is -2.72. The Kier molecular flexibility index (Phi) is 20.7. The van der Waals surface area contributed by atoms with Gasteiger partial charge < -0.3 is 113 Å². The summed E-state index contributed by atoms with van der Waals surface area (Å²) in [7, 11) is 0. The molecule has 4 aliphatic heterocycles. The van der Waals surface area contributed by atoms with Crippen molar-refractivity contribution in [2.24, 2.45) is 50.2 Å². The van der Waals surface area contributed by atoms with Crippen molar-refractivity contribution in [1.29, 1.82) is 0 Å². The summed E-state index contributed by atoms with van der Waals surface area (Å²) in [6, 6.07) is 9.13. The fraction of sp³-hybridized carbons (Fsp3) is 0.788. The standard InChI is InChI=1S/C66H96O27/c1-29-42(73)45(76)47(78)57(84-29)92-52-43(74)35(71)27-83-59(52)90-50-49(80)51(56(81)82)91-60(53(50)93-58-48(79)46(77)44(75)36(26-67)87-58)88-39-21-22-63(8)37(62(39,6)7)20-23-64(9)38(63)18-17-33-34-24-61(4,5)54(86-31(3)70)55(89-41(72)19-16-32-14-12-11-13-15-32)66(34,28-68)40(85-30(2)69)25-65(33,64)10/h11-17,19,29,34-40,42-55,57-60,67-68,71,73-80H,18,20-28H2,1-10H3,(H,81,82)/b19-16+/t29-,34?,35-,36+,37?,38?,39-,40+,42-,43-,44-,45+,46-,47+,48+,49-,50-,51-,52+,53+,54-,55-,57-,58-,59-,60+,63-,64+,65+,66-/m0/s1. The molecule has 3 unspecified atom stereocenters. The third kappa shape index (κ3) is 12.6. The molecule has 4 heterocycles. The van der Waals surface area contributed by atoms with E-state index in [1.54, 1.807) is 6.08 Å². The zero-order valence-electron chi connectivity index (χ0n) is 54.2. The van der Waals surface area contributed by atoms with E-state index >= 15 is 0 Å². The highest BCUT2D eigenvalue weighted by Gasteiger charge is 2.75. The van der Waals surface area contributed by atoms with Gasteiger partial charge in [0.15, 0.2) is 37.4 Å². The van der Waals surface area contributed by atoms with Gasteiger partial charge in [-0.3, -0.25) is 9.59 Å². The molecule has 1 aromatic rings.